The number of anilines is 4. The van der Waals surface area contributed by atoms with Crippen molar-refractivity contribution in [3.8, 4) is 0 Å². The first-order chi connectivity index (χ1) is 20.5. The third-order valence-electron chi connectivity index (χ3n) is 7.96. The number of nitrogens with zero attached hydrogens (tertiary/aromatic N) is 8. The lowest BCUT2D eigenvalue weighted by Gasteiger charge is -2.36. The van der Waals surface area contributed by atoms with Gasteiger partial charge < -0.3 is 19.4 Å². The number of hydrogen-bond donors (Lipinski definition) is 1. The zero-order valence-corrected chi connectivity index (χ0v) is 25.0. The van der Waals surface area contributed by atoms with Gasteiger partial charge in [0.25, 0.3) is 0 Å². The maximum absolute atomic E-state index is 12.7. The number of likely N-dealkylation sites (tertiary alicyclic amines) is 1. The van der Waals surface area contributed by atoms with E-state index in [1.165, 1.54) is 11.3 Å². The Balaban J connectivity index is 1.23. The van der Waals surface area contributed by atoms with Gasteiger partial charge in [0.1, 0.15) is 16.5 Å². The molecule has 6 heterocycles. The highest BCUT2D eigenvalue weighted by atomic mass is 32.1. The van der Waals surface area contributed by atoms with Gasteiger partial charge in [-0.3, -0.25) is 20.0 Å². The van der Waals surface area contributed by atoms with Gasteiger partial charge in [0.2, 0.25) is 11.9 Å². The second-order valence-corrected chi connectivity index (χ2v) is 11.8. The number of aromatic nitrogens is 4. The average molecular weight is 592 g/mol. The van der Waals surface area contributed by atoms with Gasteiger partial charge in [-0.2, -0.15) is 9.97 Å². The quantitative estimate of drug-likeness (QED) is 0.370. The number of piperazine rings is 1. The van der Waals surface area contributed by atoms with Crippen LogP contribution in [-0.4, -0.2) is 101 Å². The van der Waals surface area contributed by atoms with E-state index < -0.39 is 0 Å². The first-order valence-corrected chi connectivity index (χ1v) is 15.5. The van der Waals surface area contributed by atoms with Crippen LogP contribution in [0.4, 0.5) is 22.7 Å². The van der Waals surface area contributed by atoms with E-state index in [1.807, 2.05) is 17.2 Å². The van der Waals surface area contributed by atoms with Crippen LogP contribution < -0.4 is 15.1 Å². The van der Waals surface area contributed by atoms with E-state index >= 15 is 0 Å². The average Bonchev–Trinajstić information content (AvgIpc) is 3.75. The highest BCUT2D eigenvalue weighted by Crippen LogP contribution is 2.36. The van der Waals surface area contributed by atoms with Crippen LogP contribution in [0.2, 0.25) is 0 Å². The number of esters is 1. The van der Waals surface area contributed by atoms with E-state index in [-0.39, 0.29) is 11.9 Å². The zero-order valence-electron chi connectivity index (χ0n) is 24.2. The molecule has 3 aromatic heterocycles. The van der Waals surface area contributed by atoms with E-state index in [9.17, 15) is 9.59 Å². The van der Waals surface area contributed by atoms with Crippen LogP contribution in [0, 0.1) is 6.92 Å². The number of nitrogens with one attached hydrogen (secondary N) is 1. The van der Waals surface area contributed by atoms with Crippen molar-refractivity contribution in [2.75, 3.05) is 74.1 Å². The first-order valence-electron chi connectivity index (χ1n) is 14.7. The molecule has 0 aliphatic carbocycles. The number of thiazole rings is 1. The molecule has 6 rings (SSSR count). The monoisotopic (exact) mass is 591 g/mol. The number of pyridine rings is 1. The fraction of sp³-hybridized carbons (Fsp3) is 0.517. The highest BCUT2D eigenvalue weighted by Gasteiger charge is 2.31. The van der Waals surface area contributed by atoms with Gasteiger partial charge in [0.15, 0.2) is 5.13 Å². The van der Waals surface area contributed by atoms with Crippen LogP contribution in [0.15, 0.2) is 24.5 Å². The SMILES string of the molecule is CCOC(=O)c1sc(Nc2nc(N3CCN(CC(=O)N4CCCC4)CC3)c3c(n2)N(Cc2cccnc2)CC3)nc1C. The molecule has 0 radical (unpaired) electrons. The number of amides is 1. The summed E-state index contributed by atoms with van der Waals surface area (Å²) in [4.78, 5) is 53.2. The number of rotatable bonds is 9. The van der Waals surface area contributed by atoms with Crippen molar-refractivity contribution in [1.29, 1.82) is 0 Å². The fourth-order valence-corrected chi connectivity index (χ4v) is 6.64. The Labute approximate surface area is 249 Å². The van der Waals surface area contributed by atoms with Crippen LogP contribution >= 0.6 is 11.3 Å². The number of hydrogen-bond acceptors (Lipinski definition) is 12. The van der Waals surface area contributed by atoms with Crippen molar-refractivity contribution in [3.05, 3.63) is 46.2 Å². The van der Waals surface area contributed by atoms with Gasteiger partial charge in [0.05, 0.1) is 18.8 Å². The molecule has 0 spiro atoms. The Morgan fingerprint density at radius 3 is 2.55 bits per heavy atom. The molecule has 2 saturated heterocycles. The molecule has 0 aromatic carbocycles. The van der Waals surface area contributed by atoms with Crippen molar-refractivity contribution in [1.82, 2.24) is 29.7 Å². The zero-order chi connectivity index (χ0) is 29.1. The smallest absolute Gasteiger partial charge is 0.350 e. The van der Waals surface area contributed by atoms with E-state index in [0.29, 0.717) is 41.3 Å². The fourth-order valence-electron chi connectivity index (χ4n) is 5.79. The Morgan fingerprint density at radius 2 is 1.81 bits per heavy atom. The lowest BCUT2D eigenvalue weighted by Crippen LogP contribution is -2.50. The topological polar surface area (TPSA) is 120 Å². The molecule has 0 bridgehead atoms. The van der Waals surface area contributed by atoms with Crippen molar-refractivity contribution < 1.29 is 14.3 Å². The highest BCUT2D eigenvalue weighted by molar-refractivity contribution is 7.17. The van der Waals surface area contributed by atoms with Gasteiger partial charge in [0, 0.05) is 70.3 Å². The lowest BCUT2D eigenvalue weighted by molar-refractivity contribution is -0.131. The molecule has 222 valence electrons. The molecule has 0 atom stereocenters. The van der Waals surface area contributed by atoms with Crippen molar-refractivity contribution in [2.45, 2.75) is 39.7 Å². The van der Waals surface area contributed by atoms with Crippen LogP contribution in [0.3, 0.4) is 0 Å². The molecular formula is C29H37N9O3S. The second kappa shape index (κ2) is 12.6. The predicted molar refractivity (Wildman–Crippen MR) is 162 cm³/mol. The minimum atomic E-state index is -0.375. The number of aryl methyl sites for hydroxylation is 1. The third kappa shape index (κ3) is 6.16. The molecule has 12 nitrogen and oxygen atoms in total. The Morgan fingerprint density at radius 1 is 1.02 bits per heavy atom. The Kier molecular flexibility index (Phi) is 8.47. The van der Waals surface area contributed by atoms with Gasteiger partial charge in [-0.25, -0.2) is 9.78 Å². The molecule has 2 fully saturated rings. The summed E-state index contributed by atoms with van der Waals surface area (Å²) in [6.07, 6.45) is 6.73. The summed E-state index contributed by atoms with van der Waals surface area (Å²) >= 11 is 1.24. The summed E-state index contributed by atoms with van der Waals surface area (Å²) in [5.74, 6) is 2.12. The number of ether oxygens (including phenoxy) is 1. The molecule has 3 aromatic rings. The Bertz CT molecular complexity index is 1420. The molecule has 1 N–H and O–H groups in total. The van der Waals surface area contributed by atoms with Crippen molar-refractivity contribution in [2.24, 2.45) is 0 Å². The number of carbonyl (C=O) groups excluding carboxylic acids is 2. The molecule has 0 unspecified atom stereocenters. The molecule has 3 aliphatic heterocycles. The van der Waals surface area contributed by atoms with Gasteiger partial charge in [-0.1, -0.05) is 17.4 Å². The van der Waals surface area contributed by atoms with Gasteiger partial charge in [-0.15, -0.1) is 0 Å². The first kappa shape index (κ1) is 28.3. The summed E-state index contributed by atoms with van der Waals surface area (Å²) in [7, 11) is 0. The van der Waals surface area contributed by atoms with E-state index in [4.69, 9.17) is 14.7 Å². The minimum Gasteiger partial charge on any atom is -0.462 e. The molecule has 13 heteroatoms. The minimum absolute atomic E-state index is 0.238. The summed E-state index contributed by atoms with van der Waals surface area (Å²) in [6.45, 7) is 10.8. The molecule has 0 saturated carbocycles. The number of fused-ring (bicyclic) bond motifs is 1. The van der Waals surface area contributed by atoms with Gasteiger partial charge in [-0.05, 0) is 44.7 Å². The lowest BCUT2D eigenvalue weighted by atomic mass is 10.2. The summed E-state index contributed by atoms with van der Waals surface area (Å²) < 4.78 is 5.19. The van der Waals surface area contributed by atoms with E-state index in [1.54, 1.807) is 20.0 Å². The molecular weight excluding hydrogens is 554 g/mol. The molecule has 3 aliphatic rings. The molecule has 1 amide bonds. The summed E-state index contributed by atoms with van der Waals surface area (Å²) in [5, 5.41) is 3.82. The van der Waals surface area contributed by atoms with Crippen LogP contribution in [0.5, 0.6) is 0 Å². The van der Waals surface area contributed by atoms with Crippen molar-refractivity contribution >= 4 is 45.9 Å². The maximum Gasteiger partial charge on any atom is 0.350 e. The third-order valence-corrected chi connectivity index (χ3v) is 9.01. The maximum atomic E-state index is 12.7. The normalized spacial score (nSPS) is 17.0. The van der Waals surface area contributed by atoms with E-state index in [2.05, 4.69) is 36.1 Å². The van der Waals surface area contributed by atoms with Gasteiger partial charge >= 0.3 is 5.97 Å². The van der Waals surface area contributed by atoms with Crippen LogP contribution in [-0.2, 0) is 22.5 Å². The second-order valence-electron chi connectivity index (χ2n) is 10.8. The molecule has 42 heavy (non-hydrogen) atoms. The Hall–Kier alpha value is -3.84. The van der Waals surface area contributed by atoms with Crippen LogP contribution in [0.1, 0.15) is 46.3 Å². The predicted octanol–water partition coefficient (Wildman–Crippen LogP) is 2.86. The van der Waals surface area contributed by atoms with Crippen molar-refractivity contribution in [3.63, 3.8) is 0 Å². The van der Waals surface area contributed by atoms with Crippen LogP contribution in [0.25, 0.3) is 0 Å². The summed E-state index contributed by atoms with van der Waals surface area (Å²) in [5.41, 5.74) is 2.86. The summed E-state index contributed by atoms with van der Waals surface area (Å²) in [6, 6.07) is 4.02. The largest absolute Gasteiger partial charge is 0.462 e. The number of carbonyl (C=O) groups is 2. The van der Waals surface area contributed by atoms with E-state index in [0.717, 1.165) is 87.8 Å². The standard InChI is InChI=1S/C29H37N9O3S/c1-3-41-27(40)24-20(2)31-29(42-24)34-28-32-25(22-8-12-38(26(22)33-28)18-21-7-6-9-30-17-21)37-15-13-35(14-16-37)19-23(39)36-10-4-5-11-36/h6-7,9,17H,3-5,8,10-16,18-19H2,1-2H3,(H,31,32,33,34).